The summed E-state index contributed by atoms with van der Waals surface area (Å²) in [5.41, 5.74) is 6.45. The second-order valence-electron chi connectivity index (χ2n) is 8.76. The zero-order valence-corrected chi connectivity index (χ0v) is 16.7. The standard InChI is InChI=1S/C24H24FN3O2/c25-15-3-5-21-18(8-15)17-7-13(1-4-20(17)28-21)10-26-16-9-19-22(30-12-16)6-2-14-11-27-24(29)23(14)19/h2-3,5-6,8,13,16,26,28H,1,4,7,9-12H2,(H,27,29). The van der Waals surface area contributed by atoms with Crippen LogP contribution in [0.1, 0.15) is 39.2 Å². The van der Waals surface area contributed by atoms with E-state index >= 15 is 0 Å². The van der Waals surface area contributed by atoms with Gasteiger partial charge >= 0.3 is 0 Å². The second-order valence-corrected chi connectivity index (χ2v) is 8.76. The fourth-order valence-corrected chi connectivity index (χ4v) is 5.30. The first kappa shape index (κ1) is 18.0. The molecule has 5 nitrogen and oxygen atoms in total. The number of carbonyl (C=O) groups is 1. The first-order valence-corrected chi connectivity index (χ1v) is 10.7. The van der Waals surface area contributed by atoms with E-state index in [1.54, 1.807) is 6.07 Å². The Morgan fingerprint density at radius 3 is 3.03 bits per heavy atom. The van der Waals surface area contributed by atoms with Gasteiger partial charge in [0.05, 0.1) is 5.56 Å². The fourth-order valence-electron chi connectivity index (χ4n) is 5.30. The molecule has 1 aliphatic carbocycles. The van der Waals surface area contributed by atoms with Crippen molar-refractivity contribution in [3.8, 4) is 5.75 Å². The van der Waals surface area contributed by atoms with Crippen LogP contribution in [0.4, 0.5) is 4.39 Å². The minimum Gasteiger partial charge on any atom is -0.492 e. The average Bonchev–Trinajstić information content (AvgIpc) is 3.32. The van der Waals surface area contributed by atoms with Gasteiger partial charge in [0, 0.05) is 34.7 Å². The average molecular weight is 405 g/mol. The topological polar surface area (TPSA) is 66.2 Å². The largest absolute Gasteiger partial charge is 0.492 e. The Hall–Kier alpha value is -2.86. The van der Waals surface area contributed by atoms with E-state index in [4.69, 9.17) is 4.74 Å². The van der Waals surface area contributed by atoms with E-state index in [0.717, 1.165) is 65.6 Å². The molecule has 3 aromatic rings. The predicted molar refractivity (Wildman–Crippen MR) is 112 cm³/mol. The summed E-state index contributed by atoms with van der Waals surface area (Å²) in [5.74, 6) is 1.18. The molecule has 3 heterocycles. The molecule has 154 valence electrons. The number of hydrogen-bond donors (Lipinski definition) is 3. The van der Waals surface area contributed by atoms with Gasteiger partial charge in [-0.1, -0.05) is 6.07 Å². The number of amides is 1. The molecule has 0 radical (unpaired) electrons. The van der Waals surface area contributed by atoms with Crippen molar-refractivity contribution in [1.29, 1.82) is 0 Å². The van der Waals surface area contributed by atoms with Gasteiger partial charge in [0.1, 0.15) is 18.2 Å². The Labute approximate surface area is 174 Å². The zero-order chi connectivity index (χ0) is 20.2. The van der Waals surface area contributed by atoms with Gasteiger partial charge in [0.2, 0.25) is 0 Å². The maximum absolute atomic E-state index is 13.7. The fraction of sp³-hybridized carbons (Fsp3) is 0.375. The van der Waals surface area contributed by atoms with Gasteiger partial charge in [0.15, 0.2) is 0 Å². The molecule has 0 fully saturated rings. The molecule has 3 N–H and O–H groups in total. The molecule has 2 aromatic carbocycles. The second kappa shape index (κ2) is 6.84. The number of aryl methyl sites for hydroxylation is 1. The molecule has 2 unspecified atom stereocenters. The van der Waals surface area contributed by atoms with Crippen molar-refractivity contribution in [2.75, 3.05) is 13.2 Å². The first-order valence-electron chi connectivity index (χ1n) is 10.7. The molecular weight excluding hydrogens is 381 g/mol. The smallest absolute Gasteiger partial charge is 0.252 e. The van der Waals surface area contributed by atoms with Crippen molar-refractivity contribution in [1.82, 2.24) is 15.6 Å². The number of aromatic nitrogens is 1. The SMILES string of the molecule is O=C1NCc2ccc3c(c21)CC(NCC1CCc2[nH]c4ccc(F)cc4c2C1)CO3. The number of rotatable bonds is 3. The molecule has 0 saturated heterocycles. The van der Waals surface area contributed by atoms with Crippen LogP contribution in [0.15, 0.2) is 30.3 Å². The van der Waals surface area contributed by atoms with Crippen LogP contribution in [0, 0.1) is 11.7 Å². The van der Waals surface area contributed by atoms with Gasteiger partial charge in [0.25, 0.3) is 5.91 Å². The summed E-state index contributed by atoms with van der Waals surface area (Å²) in [6.07, 6.45) is 3.86. The Morgan fingerprint density at radius 2 is 2.10 bits per heavy atom. The lowest BCUT2D eigenvalue weighted by molar-refractivity contribution is 0.0963. The van der Waals surface area contributed by atoms with Gasteiger partial charge in [-0.05, 0) is 73.5 Å². The van der Waals surface area contributed by atoms with E-state index in [1.165, 1.54) is 17.3 Å². The van der Waals surface area contributed by atoms with Crippen LogP contribution < -0.4 is 15.4 Å². The summed E-state index contributed by atoms with van der Waals surface area (Å²) in [6, 6.07) is 9.17. The monoisotopic (exact) mass is 405 g/mol. The van der Waals surface area contributed by atoms with E-state index in [0.29, 0.717) is 19.1 Å². The molecular formula is C24H24FN3O2. The summed E-state index contributed by atoms with van der Waals surface area (Å²) < 4.78 is 19.7. The number of ether oxygens (including phenoxy) is 1. The van der Waals surface area contributed by atoms with Gasteiger partial charge in [-0.3, -0.25) is 4.79 Å². The maximum Gasteiger partial charge on any atom is 0.252 e. The van der Waals surface area contributed by atoms with Crippen molar-refractivity contribution < 1.29 is 13.9 Å². The Kier molecular flexibility index (Phi) is 4.09. The van der Waals surface area contributed by atoms with Gasteiger partial charge in [-0.2, -0.15) is 0 Å². The lowest BCUT2D eigenvalue weighted by Crippen LogP contribution is -2.42. The Balaban J connectivity index is 1.16. The summed E-state index contributed by atoms with van der Waals surface area (Å²) in [5, 5.41) is 7.61. The molecule has 0 spiro atoms. The molecule has 2 aliphatic heterocycles. The lowest BCUT2D eigenvalue weighted by atomic mass is 9.86. The molecule has 1 amide bonds. The number of H-pyrrole nitrogens is 1. The number of aromatic amines is 1. The van der Waals surface area contributed by atoms with Crippen LogP contribution in [0.2, 0.25) is 0 Å². The lowest BCUT2D eigenvalue weighted by Gasteiger charge is -2.30. The van der Waals surface area contributed by atoms with Crippen LogP contribution in [-0.2, 0) is 25.8 Å². The predicted octanol–water partition coefficient (Wildman–Crippen LogP) is 3.25. The van der Waals surface area contributed by atoms with Crippen LogP contribution in [0.25, 0.3) is 10.9 Å². The summed E-state index contributed by atoms with van der Waals surface area (Å²) in [6.45, 7) is 2.12. The molecule has 0 saturated carbocycles. The van der Waals surface area contributed by atoms with Crippen LogP contribution in [0.3, 0.4) is 0 Å². The third kappa shape index (κ3) is 2.89. The number of halogens is 1. The summed E-state index contributed by atoms with van der Waals surface area (Å²) in [4.78, 5) is 15.7. The number of hydrogen-bond acceptors (Lipinski definition) is 3. The Bertz CT molecular complexity index is 1170. The molecule has 30 heavy (non-hydrogen) atoms. The van der Waals surface area contributed by atoms with Crippen molar-refractivity contribution >= 4 is 16.8 Å². The molecule has 6 heteroatoms. The van der Waals surface area contributed by atoms with E-state index < -0.39 is 0 Å². The summed E-state index contributed by atoms with van der Waals surface area (Å²) in [7, 11) is 0. The number of carbonyl (C=O) groups excluding carboxylic acids is 1. The van der Waals surface area contributed by atoms with Gasteiger partial charge in [-0.15, -0.1) is 0 Å². The highest BCUT2D eigenvalue weighted by molar-refractivity contribution is 6.00. The van der Waals surface area contributed by atoms with E-state index in [1.807, 2.05) is 18.2 Å². The summed E-state index contributed by atoms with van der Waals surface area (Å²) >= 11 is 0. The number of nitrogens with one attached hydrogen (secondary N) is 3. The van der Waals surface area contributed by atoms with Crippen LogP contribution in [-0.4, -0.2) is 30.1 Å². The maximum atomic E-state index is 13.7. The molecule has 3 aliphatic rings. The third-order valence-electron chi connectivity index (χ3n) is 6.86. The molecule has 0 bridgehead atoms. The van der Waals surface area contributed by atoms with Crippen molar-refractivity contribution in [3.63, 3.8) is 0 Å². The highest BCUT2D eigenvalue weighted by Crippen LogP contribution is 2.34. The third-order valence-corrected chi connectivity index (χ3v) is 6.86. The highest BCUT2D eigenvalue weighted by atomic mass is 19.1. The first-order chi connectivity index (χ1) is 14.7. The Morgan fingerprint density at radius 1 is 1.17 bits per heavy atom. The van der Waals surface area contributed by atoms with E-state index in [9.17, 15) is 9.18 Å². The van der Waals surface area contributed by atoms with Crippen molar-refractivity contribution in [2.24, 2.45) is 5.92 Å². The van der Waals surface area contributed by atoms with E-state index in [-0.39, 0.29) is 17.8 Å². The van der Waals surface area contributed by atoms with Crippen molar-refractivity contribution in [3.05, 3.63) is 64.1 Å². The van der Waals surface area contributed by atoms with Gasteiger partial charge in [-0.25, -0.2) is 4.39 Å². The molecule has 6 rings (SSSR count). The molecule has 1 aromatic heterocycles. The van der Waals surface area contributed by atoms with Gasteiger partial charge < -0.3 is 20.4 Å². The van der Waals surface area contributed by atoms with Crippen LogP contribution >= 0.6 is 0 Å². The van der Waals surface area contributed by atoms with Crippen LogP contribution in [0.5, 0.6) is 5.75 Å². The quantitative estimate of drug-likeness (QED) is 0.627. The zero-order valence-electron chi connectivity index (χ0n) is 16.7. The molecule has 2 atom stereocenters. The minimum atomic E-state index is -0.181. The van der Waals surface area contributed by atoms with Crippen molar-refractivity contribution in [2.45, 2.75) is 38.3 Å². The number of benzene rings is 2. The normalized spacial score (nSPS) is 22.2. The minimum absolute atomic E-state index is 0.0116. The van der Waals surface area contributed by atoms with E-state index in [2.05, 4.69) is 15.6 Å². The highest BCUT2D eigenvalue weighted by Gasteiger charge is 2.30. The number of fused-ring (bicyclic) bond motifs is 6.